The third-order valence-corrected chi connectivity index (χ3v) is 17.5. The molecule has 9 aromatic rings. The average Bonchev–Trinajstić information content (AvgIpc) is 3.63. The molecule has 0 saturated heterocycles. The Balaban J connectivity index is 0.000000179. The van der Waals surface area contributed by atoms with E-state index in [2.05, 4.69) is 41.9 Å². The number of carbonyl (C=O) groups is 3. The fourth-order valence-corrected chi connectivity index (χ4v) is 12.0. The Labute approximate surface area is 504 Å². The molecule has 0 atom stereocenters. The van der Waals surface area contributed by atoms with Crippen molar-refractivity contribution in [2.45, 2.75) is 60.6 Å². The number of sulfonamides is 3. The van der Waals surface area contributed by atoms with E-state index in [1.807, 2.05) is 0 Å². The molecule has 426 valence electrons. The van der Waals surface area contributed by atoms with Crippen molar-refractivity contribution in [3.63, 3.8) is 0 Å². The van der Waals surface area contributed by atoms with Gasteiger partial charge in [0.1, 0.15) is 0 Å². The number of hydrogen-bond acceptors (Lipinski definition) is 9. The van der Waals surface area contributed by atoms with E-state index in [1.165, 1.54) is 66.7 Å². The molecule has 0 bridgehead atoms. The summed E-state index contributed by atoms with van der Waals surface area (Å²) < 4.78 is 84.2. The van der Waals surface area contributed by atoms with Crippen molar-refractivity contribution in [3.05, 3.63) is 283 Å². The van der Waals surface area contributed by atoms with Crippen LogP contribution >= 0.6 is 46.4 Å². The van der Waals surface area contributed by atoms with Crippen LogP contribution in [0.2, 0.25) is 20.1 Å². The number of anilines is 3. The highest BCUT2D eigenvalue weighted by molar-refractivity contribution is 7.93. The normalized spacial score (nSPS) is 11.4. The van der Waals surface area contributed by atoms with Crippen LogP contribution in [0.1, 0.15) is 93.0 Å². The Morgan fingerprint density at radius 2 is 0.651 bits per heavy atom. The second kappa shape index (κ2) is 27.7. The van der Waals surface area contributed by atoms with Crippen molar-refractivity contribution >= 4 is 111 Å². The summed E-state index contributed by atoms with van der Waals surface area (Å²) >= 11 is 23.9. The lowest BCUT2D eigenvalue weighted by molar-refractivity contribution is 0.103. The van der Waals surface area contributed by atoms with Crippen molar-refractivity contribution < 1.29 is 39.6 Å². The van der Waals surface area contributed by atoms with Crippen LogP contribution in [0.5, 0.6) is 0 Å². The molecule has 0 radical (unpaired) electrons. The molecule has 83 heavy (non-hydrogen) atoms. The van der Waals surface area contributed by atoms with Gasteiger partial charge in [-0.15, -0.1) is 0 Å². The molecule has 0 aliphatic heterocycles. The predicted octanol–water partition coefficient (Wildman–Crippen LogP) is 16.0. The lowest BCUT2D eigenvalue weighted by Crippen LogP contribution is -2.17. The maximum absolute atomic E-state index is 12.9. The fourth-order valence-electron chi connectivity index (χ4n) is 8.10. The van der Waals surface area contributed by atoms with E-state index in [-0.39, 0.29) is 71.2 Å². The van der Waals surface area contributed by atoms with Crippen LogP contribution in [-0.4, -0.2) is 42.6 Å². The fraction of sp³-hybridized carbons (Fsp3) is 0.109. The van der Waals surface area contributed by atoms with Gasteiger partial charge in [0.25, 0.3) is 30.1 Å². The molecule has 0 fully saturated rings. The summed E-state index contributed by atoms with van der Waals surface area (Å²) in [5.41, 5.74) is 4.44. The molecule has 9 rings (SSSR count). The van der Waals surface area contributed by atoms with Gasteiger partial charge in [0, 0.05) is 53.5 Å². The first kappa shape index (κ1) is 63.0. The number of ketones is 3. The van der Waals surface area contributed by atoms with Crippen molar-refractivity contribution in [3.8, 4) is 0 Å². The van der Waals surface area contributed by atoms with Gasteiger partial charge in [-0.05, 0) is 126 Å². The van der Waals surface area contributed by atoms with Gasteiger partial charge in [0.15, 0.2) is 17.3 Å². The maximum Gasteiger partial charge on any atom is 0.261 e. The zero-order chi connectivity index (χ0) is 60.1. The van der Waals surface area contributed by atoms with Gasteiger partial charge in [-0.25, -0.2) is 25.3 Å². The minimum Gasteiger partial charge on any atom is -0.289 e. The molecule has 0 heterocycles. The zero-order valence-electron chi connectivity index (χ0n) is 45.1. The first-order chi connectivity index (χ1) is 39.3. The summed E-state index contributed by atoms with van der Waals surface area (Å²) in [6.07, 6.45) is 1.88. The number of halogens is 4. The van der Waals surface area contributed by atoms with Crippen molar-refractivity contribution in [1.29, 1.82) is 0 Å². The third-order valence-electron chi connectivity index (χ3n) is 12.4. The molecule has 19 heteroatoms. The van der Waals surface area contributed by atoms with E-state index in [0.717, 1.165) is 24.0 Å². The van der Waals surface area contributed by atoms with Crippen molar-refractivity contribution in [2.75, 3.05) is 14.2 Å². The molecule has 12 nitrogen and oxygen atoms in total. The minimum absolute atomic E-state index is 0.0370. The first-order valence-corrected chi connectivity index (χ1v) is 31.5. The van der Waals surface area contributed by atoms with Crippen LogP contribution < -0.4 is 14.2 Å². The summed E-state index contributed by atoms with van der Waals surface area (Å²) in [6.45, 7) is 8.25. The van der Waals surface area contributed by atoms with E-state index >= 15 is 0 Å². The lowest BCUT2D eigenvalue weighted by atomic mass is 9.87. The molecule has 0 spiro atoms. The van der Waals surface area contributed by atoms with E-state index in [1.54, 1.807) is 152 Å². The van der Waals surface area contributed by atoms with Gasteiger partial charge < -0.3 is 0 Å². The van der Waals surface area contributed by atoms with Gasteiger partial charge in [-0.3, -0.25) is 28.5 Å². The van der Waals surface area contributed by atoms with Crippen LogP contribution in [0.3, 0.4) is 0 Å². The SMILES string of the molecule is CC(C)(C)c1ccc(S(=O)(=O)Nc2ccc(Cl)cc2C(=O)c2ccccc2)cc1.CCCc1ccc(S(=O)(=O)Nc2ccc(Cl)cc2C(=O)c2ccccc2)cc1.O=C(c1ccccc1)c1cc(Cl)ccc1NS(=O)(=O)c1ccc(Cl)cc1. The van der Waals surface area contributed by atoms with E-state index < -0.39 is 30.1 Å². The zero-order valence-corrected chi connectivity index (χ0v) is 50.6. The molecule has 0 saturated carbocycles. The van der Waals surface area contributed by atoms with Crippen molar-refractivity contribution in [2.24, 2.45) is 0 Å². The Hall–Kier alpha value is -7.60. The topological polar surface area (TPSA) is 190 Å². The summed E-state index contributed by atoms with van der Waals surface area (Å²) in [6, 6.07) is 58.5. The molecule has 9 aromatic carbocycles. The largest absolute Gasteiger partial charge is 0.289 e. The number of hydrogen-bond donors (Lipinski definition) is 3. The highest BCUT2D eigenvalue weighted by Crippen LogP contribution is 2.31. The van der Waals surface area contributed by atoms with E-state index in [9.17, 15) is 39.6 Å². The Kier molecular flexibility index (Phi) is 21.0. The molecular weight excluding hydrogens is 1190 g/mol. The number of nitrogens with one attached hydrogen (secondary N) is 3. The summed E-state index contributed by atoms with van der Waals surface area (Å²) in [5, 5.41) is 1.46. The molecule has 0 aliphatic rings. The quantitative estimate of drug-likeness (QED) is 0.0745. The smallest absolute Gasteiger partial charge is 0.261 e. The number of benzene rings is 9. The molecule has 0 amide bonds. The number of aryl methyl sites for hydroxylation is 1. The van der Waals surface area contributed by atoms with Gasteiger partial charge in [-0.2, -0.15) is 0 Å². The van der Waals surface area contributed by atoms with Gasteiger partial charge in [0.2, 0.25) is 0 Å². The molecule has 0 aromatic heterocycles. The van der Waals surface area contributed by atoms with Crippen LogP contribution in [0.15, 0.2) is 233 Å². The lowest BCUT2D eigenvalue weighted by Gasteiger charge is -2.19. The minimum atomic E-state index is -3.89. The molecule has 0 aliphatic carbocycles. The highest BCUT2D eigenvalue weighted by atomic mass is 35.5. The maximum atomic E-state index is 12.9. The van der Waals surface area contributed by atoms with Crippen LogP contribution in [0, 0.1) is 0 Å². The van der Waals surface area contributed by atoms with Crippen LogP contribution in [0.4, 0.5) is 17.1 Å². The van der Waals surface area contributed by atoms with E-state index in [4.69, 9.17) is 46.4 Å². The number of rotatable bonds is 17. The average molecular weight is 1250 g/mol. The molecule has 0 unspecified atom stereocenters. The van der Waals surface area contributed by atoms with E-state index in [0.29, 0.717) is 36.8 Å². The van der Waals surface area contributed by atoms with Crippen molar-refractivity contribution in [1.82, 2.24) is 0 Å². The van der Waals surface area contributed by atoms with Gasteiger partial charge >= 0.3 is 0 Å². The van der Waals surface area contributed by atoms with Crippen LogP contribution in [-0.2, 0) is 41.9 Å². The predicted molar refractivity (Wildman–Crippen MR) is 333 cm³/mol. The highest BCUT2D eigenvalue weighted by Gasteiger charge is 2.24. The monoisotopic (exact) mass is 1250 g/mol. The molecule has 3 N–H and O–H groups in total. The second-order valence-electron chi connectivity index (χ2n) is 19.6. The Bertz CT molecular complexity index is 4120. The first-order valence-electron chi connectivity index (χ1n) is 25.6. The second-order valence-corrected chi connectivity index (χ2v) is 26.4. The summed E-state index contributed by atoms with van der Waals surface area (Å²) in [4.78, 5) is 38.8. The molecular formula is C64H55Cl4N3O9S3. The number of carbonyl (C=O) groups excluding carboxylic acids is 3. The third kappa shape index (κ3) is 17.0. The van der Waals surface area contributed by atoms with Gasteiger partial charge in [-0.1, -0.05) is 196 Å². The van der Waals surface area contributed by atoms with Gasteiger partial charge in [0.05, 0.1) is 31.7 Å². The van der Waals surface area contributed by atoms with Crippen LogP contribution in [0.25, 0.3) is 0 Å². The standard InChI is InChI=1S/C23H22ClNO3S.C22H20ClNO3S.C19H13Cl2NO3S/c1-23(2,3)17-9-12-19(13-10-17)29(27,28)25-21-14-11-18(24)15-20(21)22(26)16-7-5-4-6-8-16;1-2-6-16-9-12-19(13-10-16)28(26,27)24-21-14-11-18(23)15-20(21)22(25)17-7-4-3-5-8-17;20-14-6-9-16(10-7-14)26(24,25)22-18-11-8-15(21)12-17(18)19(23)13-4-2-1-3-5-13/h4-15,25H,1-3H3;3-5,7-15,24H,2,6H2,1H3;1-12,22H. The summed E-state index contributed by atoms with van der Waals surface area (Å²) in [7, 11) is -11.6. The summed E-state index contributed by atoms with van der Waals surface area (Å²) in [5.74, 6) is -0.949. The Morgan fingerprint density at radius 3 is 0.940 bits per heavy atom. The Morgan fingerprint density at radius 1 is 0.373 bits per heavy atom.